The van der Waals surface area contributed by atoms with Gasteiger partial charge in [-0.15, -0.1) is 0 Å². The van der Waals surface area contributed by atoms with Crippen LogP contribution in [0.4, 0.5) is 5.69 Å². The van der Waals surface area contributed by atoms with Crippen LogP contribution in [0.3, 0.4) is 0 Å². The molecule has 0 aromatic heterocycles. The number of hydrogen-bond acceptors (Lipinski definition) is 4. The van der Waals surface area contributed by atoms with Crippen LogP contribution in [-0.4, -0.2) is 37.3 Å². The van der Waals surface area contributed by atoms with Crippen molar-refractivity contribution in [3.05, 3.63) is 29.8 Å². The van der Waals surface area contributed by atoms with E-state index in [2.05, 4.69) is 10.6 Å². The number of aliphatic hydroxyl groups is 1. The van der Waals surface area contributed by atoms with Crippen molar-refractivity contribution in [3.8, 4) is 0 Å². The molecule has 1 amide bonds. The van der Waals surface area contributed by atoms with Gasteiger partial charge in [-0.1, -0.05) is 12.1 Å². The Morgan fingerprint density at radius 2 is 2.05 bits per heavy atom. The Morgan fingerprint density at radius 3 is 2.65 bits per heavy atom. The Hall–Kier alpha value is -1.43. The largest absolute Gasteiger partial charge is 0.387 e. The quantitative estimate of drug-likeness (QED) is 0.602. The predicted molar refractivity (Wildman–Crippen MR) is 79.7 cm³/mol. The molecule has 1 aromatic carbocycles. The number of carbonyl (C=O) groups excluding carboxylic acids is 1. The van der Waals surface area contributed by atoms with Gasteiger partial charge in [-0.3, -0.25) is 4.79 Å². The van der Waals surface area contributed by atoms with Crippen LogP contribution in [0.5, 0.6) is 0 Å². The standard InChI is InChI=1S/C15H24N2O3/c1-3-20-10-4-9-16-11-15(19)13-5-7-14(8-6-13)17-12(2)18/h5-8,15-16,19H,3-4,9-11H2,1-2H3,(H,17,18). The smallest absolute Gasteiger partial charge is 0.221 e. The van der Waals surface area contributed by atoms with E-state index in [0.717, 1.165) is 37.4 Å². The average molecular weight is 280 g/mol. The van der Waals surface area contributed by atoms with Crippen molar-refractivity contribution in [2.45, 2.75) is 26.4 Å². The average Bonchev–Trinajstić information content (AvgIpc) is 2.42. The van der Waals surface area contributed by atoms with Gasteiger partial charge >= 0.3 is 0 Å². The van der Waals surface area contributed by atoms with Gasteiger partial charge in [0.2, 0.25) is 5.91 Å². The lowest BCUT2D eigenvalue weighted by Gasteiger charge is -2.13. The molecular formula is C15H24N2O3. The summed E-state index contributed by atoms with van der Waals surface area (Å²) in [6, 6.07) is 7.21. The molecule has 0 spiro atoms. The molecule has 112 valence electrons. The zero-order valence-corrected chi connectivity index (χ0v) is 12.2. The molecule has 1 atom stereocenters. The minimum atomic E-state index is -0.548. The van der Waals surface area contributed by atoms with Crippen LogP contribution in [0.2, 0.25) is 0 Å². The maximum atomic E-state index is 10.9. The van der Waals surface area contributed by atoms with E-state index < -0.39 is 6.10 Å². The number of hydrogen-bond donors (Lipinski definition) is 3. The van der Waals surface area contributed by atoms with Crippen LogP contribution in [0.25, 0.3) is 0 Å². The second-order valence-electron chi connectivity index (χ2n) is 4.57. The third-order valence-electron chi connectivity index (χ3n) is 2.80. The molecule has 0 bridgehead atoms. The Bertz CT molecular complexity index is 393. The molecule has 1 unspecified atom stereocenters. The molecule has 5 heteroatoms. The summed E-state index contributed by atoms with van der Waals surface area (Å²) in [5, 5.41) is 15.9. The van der Waals surface area contributed by atoms with Crippen molar-refractivity contribution in [2.24, 2.45) is 0 Å². The summed E-state index contributed by atoms with van der Waals surface area (Å²) in [6.45, 7) is 6.25. The molecule has 0 aliphatic carbocycles. The van der Waals surface area contributed by atoms with Crippen molar-refractivity contribution in [2.75, 3.05) is 31.6 Å². The summed E-state index contributed by atoms with van der Waals surface area (Å²) in [5.74, 6) is -0.103. The summed E-state index contributed by atoms with van der Waals surface area (Å²) >= 11 is 0. The predicted octanol–water partition coefficient (Wildman–Crippen LogP) is 1.69. The van der Waals surface area contributed by atoms with E-state index in [0.29, 0.717) is 6.54 Å². The Morgan fingerprint density at radius 1 is 1.35 bits per heavy atom. The van der Waals surface area contributed by atoms with Crippen molar-refractivity contribution < 1.29 is 14.6 Å². The van der Waals surface area contributed by atoms with Gasteiger partial charge in [-0.2, -0.15) is 0 Å². The number of carbonyl (C=O) groups is 1. The minimum Gasteiger partial charge on any atom is -0.387 e. The fourth-order valence-electron chi connectivity index (χ4n) is 1.79. The van der Waals surface area contributed by atoms with Crippen LogP contribution in [-0.2, 0) is 9.53 Å². The maximum absolute atomic E-state index is 10.9. The summed E-state index contributed by atoms with van der Waals surface area (Å²) in [6.07, 6.45) is 0.385. The van der Waals surface area contributed by atoms with E-state index in [4.69, 9.17) is 4.74 Å². The fraction of sp³-hybridized carbons (Fsp3) is 0.533. The van der Waals surface area contributed by atoms with Crippen molar-refractivity contribution >= 4 is 11.6 Å². The summed E-state index contributed by atoms with van der Waals surface area (Å²) < 4.78 is 5.23. The zero-order chi connectivity index (χ0) is 14.8. The summed E-state index contributed by atoms with van der Waals surface area (Å²) in [4.78, 5) is 10.9. The van der Waals surface area contributed by atoms with Gasteiger partial charge < -0.3 is 20.5 Å². The SMILES string of the molecule is CCOCCCNCC(O)c1ccc(NC(C)=O)cc1. The number of anilines is 1. The van der Waals surface area contributed by atoms with Gasteiger partial charge in [-0.05, 0) is 37.6 Å². The third kappa shape index (κ3) is 6.65. The number of aliphatic hydroxyl groups excluding tert-OH is 1. The third-order valence-corrected chi connectivity index (χ3v) is 2.80. The summed E-state index contributed by atoms with van der Waals surface area (Å²) in [7, 11) is 0. The first-order valence-electron chi connectivity index (χ1n) is 6.97. The highest BCUT2D eigenvalue weighted by atomic mass is 16.5. The van der Waals surface area contributed by atoms with E-state index >= 15 is 0 Å². The molecule has 0 saturated heterocycles. The molecule has 0 heterocycles. The molecule has 0 aliphatic heterocycles. The van der Waals surface area contributed by atoms with Gasteiger partial charge in [0.15, 0.2) is 0 Å². The molecule has 0 saturated carbocycles. The molecule has 1 rings (SSSR count). The Balaban J connectivity index is 2.28. The monoisotopic (exact) mass is 280 g/mol. The van der Waals surface area contributed by atoms with E-state index in [-0.39, 0.29) is 5.91 Å². The lowest BCUT2D eigenvalue weighted by molar-refractivity contribution is -0.114. The van der Waals surface area contributed by atoms with Gasteiger partial charge in [0.25, 0.3) is 0 Å². The normalized spacial score (nSPS) is 12.2. The van der Waals surface area contributed by atoms with Crippen molar-refractivity contribution in [1.82, 2.24) is 5.32 Å². The number of ether oxygens (including phenoxy) is 1. The molecular weight excluding hydrogens is 256 g/mol. The van der Waals surface area contributed by atoms with Crippen LogP contribution in [0.15, 0.2) is 24.3 Å². The van der Waals surface area contributed by atoms with Gasteiger partial charge in [-0.25, -0.2) is 0 Å². The van der Waals surface area contributed by atoms with Crippen LogP contribution in [0, 0.1) is 0 Å². The van der Waals surface area contributed by atoms with Gasteiger partial charge in [0.1, 0.15) is 0 Å². The zero-order valence-electron chi connectivity index (χ0n) is 12.2. The fourth-order valence-corrected chi connectivity index (χ4v) is 1.79. The lowest BCUT2D eigenvalue weighted by Crippen LogP contribution is -2.23. The first-order chi connectivity index (χ1) is 9.63. The highest BCUT2D eigenvalue weighted by Gasteiger charge is 2.06. The van der Waals surface area contributed by atoms with Crippen molar-refractivity contribution in [1.29, 1.82) is 0 Å². The molecule has 5 nitrogen and oxygen atoms in total. The number of nitrogens with one attached hydrogen (secondary N) is 2. The minimum absolute atomic E-state index is 0.103. The molecule has 0 aliphatic rings. The second kappa shape index (κ2) is 9.47. The van der Waals surface area contributed by atoms with E-state index in [1.807, 2.05) is 19.1 Å². The van der Waals surface area contributed by atoms with E-state index in [1.54, 1.807) is 12.1 Å². The lowest BCUT2D eigenvalue weighted by atomic mass is 10.1. The topological polar surface area (TPSA) is 70.6 Å². The van der Waals surface area contributed by atoms with Crippen LogP contribution >= 0.6 is 0 Å². The molecule has 0 fully saturated rings. The van der Waals surface area contributed by atoms with Crippen LogP contribution < -0.4 is 10.6 Å². The number of benzene rings is 1. The Kier molecular flexibility index (Phi) is 7.87. The number of rotatable bonds is 9. The van der Waals surface area contributed by atoms with E-state index in [1.165, 1.54) is 6.92 Å². The summed E-state index contributed by atoms with van der Waals surface area (Å²) in [5.41, 5.74) is 1.56. The first-order valence-corrected chi connectivity index (χ1v) is 6.97. The maximum Gasteiger partial charge on any atom is 0.221 e. The molecule has 20 heavy (non-hydrogen) atoms. The van der Waals surface area contributed by atoms with Crippen LogP contribution in [0.1, 0.15) is 31.9 Å². The highest BCUT2D eigenvalue weighted by molar-refractivity contribution is 5.88. The molecule has 0 radical (unpaired) electrons. The van der Waals surface area contributed by atoms with Gasteiger partial charge in [0.05, 0.1) is 6.10 Å². The highest BCUT2D eigenvalue weighted by Crippen LogP contribution is 2.15. The van der Waals surface area contributed by atoms with E-state index in [9.17, 15) is 9.90 Å². The Labute approximate surface area is 120 Å². The van der Waals surface area contributed by atoms with Gasteiger partial charge in [0, 0.05) is 32.4 Å². The second-order valence-corrected chi connectivity index (χ2v) is 4.57. The molecule has 1 aromatic rings. The van der Waals surface area contributed by atoms with Crippen molar-refractivity contribution in [3.63, 3.8) is 0 Å². The molecule has 3 N–H and O–H groups in total. The first kappa shape index (κ1) is 16.6. The number of amides is 1.